The maximum absolute atomic E-state index is 15.6. The smallest absolute Gasteiger partial charge is 0.481 e. The Kier molecular flexibility index (Phi) is 11.8. The van der Waals surface area contributed by atoms with Crippen molar-refractivity contribution in [3.8, 4) is 16.9 Å². The largest absolute Gasteiger partial charge is 0.573 e. The molecular weight excluding hydrogens is 640 g/mol. The van der Waals surface area contributed by atoms with E-state index < -0.39 is 47.5 Å². The fraction of sp³-hybridized carbons (Fsp3) is 0.289. The van der Waals surface area contributed by atoms with E-state index in [9.17, 15) is 27.6 Å². The highest BCUT2D eigenvalue weighted by molar-refractivity contribution is 5.97. The van der Waals surface area contributed by atoms with Gasteiger partial charge in [-0.15, -0.1) is 13.2 Å². The predicted molar refractivity (Wildman–Crippen MR) is 179 cm³/mol. The van der Waals surface area contributed by atoms with E-state index in [1.807, 2.05) is 39.8 Å². The van der Waals surface area contributed by atoms with E-state index in [4.69, 9.17) is 5.11 Å². The number of aliphatic carboxylic acids is 1. The zero-order chi connectivity index (χ0) is 35.9. The molecule has 4 aromatic rings. The standard InChI is InChI=1S/C38H38F4N2O5/c1-5-6-30(25-7-9-27(10-8-25)36(47)43-18-17-33(45)46)35(26-11-14-29(15-12-26)49-38(40,41)42)37(48)44-32-16-13-28(21-31(32)39)34-23(3)19-22(2)20-24(34)4/h7-16,19-21,30,35H,5-6,17-18H2,1-4H3,(H,43,47)(H,44,48)(H,45,46)/t30-,35+/m1/s1. The molecule has 11 heteroatoms. The number of benzene rings is 4. The Morgan fingerprint density at radius 1 is 0.857 bits per heavy atom. The van der Waals surface area contributed by atoms with Crippen molar-refractivity contribution in [1.29, 1.82) is 0 Å². The van der Waals surface area contributed by atoms with Crippen LogP contribution in [0.5, 0.6) is 5.75 Å². The number of carboxylic acid groups (broad SMARTS) is 1. The van der Waals surface area contributed by atoms with Gasteiger partial charge in [0, 0.05) is 12.1 Å². The lowest BCUT2D eigenvalue weighted by Gasteiger charge is -2.28. The summed E-state index contributed by atoms with van der Waals surface area (Å²) in [4.78, 5) is 37.4. The first-order valence-corrected chi connectivity index (χ1v) is 15.8. The third-order valence-electron chi connectivity index (χ3n) is 8.18. The second-order valence-corrected chi connectivity index (χ2v) is 12.0. The van der Waals surface area contributed by atoms with E-state index in [2.05, 4.69) is 15.4 Å². The molecule has 7 nitrogen and oxygen atoms in total. The first kappa shape index (κ1) is 36.6. The third kappa shape index (κ3) is 9.68. The van der Waals surface area contributed by atoms with Gasteiger partial charge in [-0.3, -0.25) is 14.4 Å². The van der Waals surface area contributed by atoms with E-state index in [0.717, 1.165) is 34.4 Å². The molecule has 0 bridgehead atoms. The second kappa shape index (κ2) is 15.8. The summed E-state index contributed by atoms with van der Waals surface area (Å²) in [6, 6.07) is 20.1. The van der Waals surface area contributed by atoms with Gasteiger partial charge in [0.25, 0.3) is 5.91 Å². The molecule has 0 unspecified atom stereocenters. The van der Waals surface area contributed by atoms with Crippen molar-refractivity contribution < 1.29 is 41.8 Å². The highest BCUT2D eigenvalue weighted by atomic mass is 19.4. The molecule has 0 fully saturated rings. The van der Waals surface area contributed by atoms with Gasteiger partial charge in [0.1, 0.15) is 11.6 Å². The Labute approximate surface area is 282 Å². The number of alkyl halides is 3. The lowest BCUT2D eigenvalue weighted by Crippen LogP contribution is -2.28. The van der Waals surface area contributed by atoms with Gasteiger partial charge in [0.05, 0.1) is 18.0 Å². The van der Waals surface area contributed by atoms with Gasteiger partial charge in [-0.2, -0.15) is 0 Å². The topological polar surface area (TPSA) is 105 Å². The highest BCUT2D eigenvalue weighted by Gasteiger charge is 2.33. The normalized spacial score (nSPS) is 12.6. The van der Waals surface area contributed by atoms with Crippen molar-refractivity contribution in [2.24, 2.45) is 0 Å². The number of anilines is 1. The number of carbonyl (C=O) groups excluding carboxylic acids is 2. The van der Waals surface area contributed by atoms with Crippen LogP contribution in [0.1, 0.15) is 76.2 Å². The number of halogens is 4. The number of carboxylic acids is 1. The van der Waals surface area contributed by atoms with Crippen LogP contribution in [0.25, 0.3) is 11.1 Å². The SMILES string of the molecule is CCC[C@H](c1ccc(C(=O)NCCC(=O)O)cc1)[C@@H](C(=O)Nc1ccc(-c2c(C)cc(C)cc2C)cc1F)c1ccc(OC(F)(F)F)cc1. The summed E-state index contributed by atoms with van der Waals surface area (Å²) in [5.74, 6) is -4.70. The third-order valence-corrected chi connectivity index (χ3v) is 8.18. The van der Waals surface area contributed by atoms with Crippen molar-refractivity contribution in [2.75, 3.05) is 11.9 Å². The number of rotatable bonds is 13. The van der Waals surface area contributed by atoms with Crippen LogP contribution in [0, 0.1) is 26.6 Å². The van der Waals surface area contributed by atoms with Gasteiger partial charge in [-0.1, -0.05) is 61.4 Å². The second-order valence-electron chi connectivity index (χ2n) is 12.0. The highest BCUT2D eigenvalue weighted by Crippen LogP contribution is 2.39. The molecule has 0 spiro atoms. The predicted octanol–water partition coefficient (Wildman–Crippen LogP) is 8.83. The lowest BCUT2D eigenvalue weighted by atomic mass is 9.78. The summed E-state index contributed by atoms with van der Waals surface area (Å²) in [7, 11) is 0. The minimum atomic E-state index is -4.90. The fourth-order valence-electron chi connectivity index (χ4n) is 6.16. The molecule has 4 aromatic carbocycles. The molecule has 2 amide bonds. The number of aryl methyl sites for hydroxylation is 3. The lowest BCUT2D eigenvalue weighted by molar-refractivity contribution is -0.274. The Hall–Kier alpha value is -5.19. The van der Waals surface area contributed by atoms with Crippen LogP contribution in [0.4, 0.5) is 23.2 Å². The van der Waals surface area contributed by atoms with Gasteiger partial charge in [-0.05, 0) is 103 Å². The fourth-order valence-corrected chi connectivity index (χ4v) is 6.16. The summed E-state index contributed by atoms with van der Waals surface area (Å²) in [5.41, 5.74) is 5.87. The molecule has 0 heterocycles. The molecule has 49 heavy (non-hydrogen) atoms. The molecular formula is C38H38F4N2O5. The van der Waals surface area contributed by atoms with Crippen molar-refractivity contribution in [3.63, 3.8) is 0 Å². The molecule has 0 aliphatic rings. The zero-order valence-electron chi connectivity index (χ0n) is 27.6. The van der Waals surface area contributed by atoms with E-state index in [1.54, 1.807) is 30.3 Å². The monoisotopic (exact) mass is 678 g/mol. The molecule has 0 aromatic heterocycles. The summed E-state index contributed by atoms with van der Waals surface area (Å²) in [6.07, 6.45) is -4.04. The summed E-state index contributed by atoms with van der Waals surface area (Å²) in [6.45, 7) is 7.75. The van der Waals surface area contributed by atoms with Crippen LogP contribution < -0.4 is 15.4 Å². The molecule has 0 aliphatic heterocycles. The minimum absolute atomic E-state index is 0.0492. The molecule has 4 rings (SSSR count). The van der Waals surface area contributed by atoms with Gasteiger partial charge in [0.15, 0.2) is 0 Å². The number of hydrogen-bond acceptors (Lipinski definition) is 4. The van der Waals surface area contributed by atoms with Gasteiger partial charge in [-0.25, -0.2) is 4.39 Å². The Balaban J connectivity index is 1.68. The van der Waals surface area contributed by atoms with Crippen LogP contribution in [-0.2, 0) is 9.59 Å². The van der Waals surface area contributed by atoms with Crippen molar-refractivity contribution in [1.82, 2.24) is 5.32 Å². The van der Waals surface area contributed by atoms with Crippen molar-refractivity contribution >= 4 is 23.5 Å². The average Bonchev–Trinajstić information content (AvgIpc) is 3.01. The molecule has 0 radical (unpaired) electrons. The van der Waals surface area contributed by atoms with Crippen LogP contribution in [0.3, 0.4) is 0 Å². The quantitative estimate of drug-likeness (QED) is 0.123. The summed E-state index contributed by atoms with van der Waals surface area (Å²) >= 11 is 0. The Bertz CT molecular complexity index is 1780. The number of amides is 2. The summed E-state index contributed by atoms with van der Waals surface area (Å²) in [5, 5.41) is 14.1. The molecule has 2 atom stereocenters. The Morgan fingerprint density at radius 3 is 2.02 bits per heavy atom. The van der Waals surface area contributed by atoms with Gasteiger partial charge < -0.3 is 20.5 Å². The van der Waals surface area contributed by atoms with Crippen LogP contribution in [0.2, 0.25) is 0 Å². The molecule has 0 saturated carbocycles. The van der Waals surface area contributed by atoms with Gasteiger partial charge in [0.2, 0.25) is 5.91 Å². The van der Waals surface area contributed by atoms with Crippen molar-refractivity contribution in [2.45, 2.75) is 65.2 Å². The number of nitrogens with one attached hydrogen (secondary N) is 2. The van der Waals surface area contributed by atoms with E-state index in [-0.39, 0.29) is 24.2 Å². The first-order valence-electron chi connectivity index (χ1n) is 15.8. The van der Waals surface area contributed by atoms with Gasteiger partial charge >= 0.3 is 12.3 Å². The molecule has 0 saturated heterocycles. The number of ether oxygens (including phenoxy) is 1. The van der Waals surface area contributed by atoms with E-state index in [1.165, 1.54) is 24.3 Å². The minimum Gasteiger partial charge on any atom is -0.481 e. The van der Waals surface area contributed by atoms with Crippen LogP contribution in [-0.4, -0.2) is 35.8 Å². The maximum Gasteiger partial charge on any atom is 0.573 e. The maximum atomic E-state index is 15.6. The van der Waals surface area contributed by atoms with Crippen LogP contribution >= 0.6 is 0 Å². The molecule has 258 valence electrons. The molecule has 3 N–H and O–H groups in total. The average molecular weight is 679 g/mol. The summed E-state index contributed by atoms with van der Waals surface area (Å²) < 4.78 is 58.3. The Morgan fingerprint density at radius 2 is 1.47 bits per heavy atom. The van der Waals surface area contributed by atoms with Crippen molar-refractivity contribution in [3.05, 3.63) is 118 Å². The first-order chi connectivity index (χ1) is 23.2. The molecule has 0 aliphatic carbocycles. The number of hydrogen-bond donors (Lipinski definition) is 3. The number of carbonyl (C=O) groups is 3. The van der Waals surface area contributed by atoms with Crippen LogP contribution in [0.15, 0.2) is 78.9 Å². The van der Waals surface area contributed by atoms with E-state index in [0.29, 0.717) is 29.5 Å². The van der Waals surface area contributed by atoms with E-state index >= 15 is 4.39 Å². The zero-order valence-corrected chi connectivity index (χ0v) is 27.6.